The van der Waals surface area contributed by atoms with E-state index >= 15 is 0 Å². The molecule has 33 heavy (non-hydrogen) atoms. The lowest BCUT2D eigenvalue weighted by Gasteiger charge is -2.27. The van der Waals surface area contributed by atoms with Gasteiger partial charge in [0, 0.05) is 33.3 Å². The number of hydrogen-bond acceptors (Lipinski definition) is 10. The van der Waals surface area contributed by atoms with Crippen LogP contribution in [0.1, 0.15) is 39.4 Å². The summed E-state index contributed by atoms with van der Waals surface area (Å²) < 4.78 is 21.4. The minimum Gasteiger partial charge on any atom is -0.457 e. The van der Waals surface area contributed by atoms with E-state index in [0.29, 0.717) is 5.56 Å². The molecule has 1 N–H and O–H groups in total. The van der Waals surface area contributed by atoms with Crippen molar-refractivity contribution in [1.29, 1.82) is 0 Å². The Kier molecular flexibility index (Phi) is 9.27. The normalized spacial score (nSPS) is 24.8. The molecule has 0 spiro atoms. The summed E-state index contributed by atoms with van der Waals surface area (Å²) in [6.45, 7) is 4.71. The third-order valence-electron chi connectivity index (χ3n) is 4.79. The van der Waals surface area contributed by atoms with Crippen LogP contribution in [0.2, 0.25) is 0 Å². The molecule has 1 aliphatic rings. The molecule has 11 heteroatoms. The van der Waals surface area contributed by atoms with E-state index in [4.69, 9.17) is 18.9 Å². The maximum atomic E-state index is 13.2. The van der Waals surface area contributed by atoms with Crippen LogP contribution in [0, 0.1) is 0 Å². The van der Waals surface area contributed by atoms with Gasteiger partial charge in [0.05, 0.1) is 11.3 Å². The van der Waals surface area contributed by atoms with E-state index in [0.717, 1.165) is 0 Å². The van der Waals surface area contributed by atoms with Gasteiger partial charge in [-0.2, -0.15) is 11.8 Å². The molecule has 1 fully saturated rings. The van der Waals surface area contributed by atoms with E-state index in [1.54, 1.807) is 36.6 Å². The first-order chi connectivity index (χ1) is 15.5. The Morgan fingerprint density at radius 1 is 0.788 bits per heavy atom. The number of amides is 1. The first-order valence-corrected chi connectivity index (χ1v) is 11.4. The second-order valence-corrected chi connectivity index (χ2v) is 8.37. The monoisotopic (exact) mass is 481 g/mol. The first kappa shape index (κ1) is 26.2. The highest BCUT2D eigenvalue weighted by Gasteiger charge is 2.57. The zero-order valence-electron chi connectivity index (χ0n) is 18.9. The average Bonchev–Trinajstić information content (AvgIpc) is 2.96. The molecule has 1 aromatic carbocycles. The van der Waals surface area contributed by atoms with E-state index in [-0.39, 0.29) is 0 Å². The van der Waals surface area contributed by atoms with Crippen molar-refractivity contribution in [3.8, 4) is 0 Å². The Labute approximate surface area is 195 Å². The molecule has 1 saturated carbocycles. The summed E-state index contributed by atoms with van der Waals surface area (Å²) in [5.74, 6) is -3.34. The molecule has 6 atom stereocenters. The molecule has 0 saturated heterocycles. The molecule has 0 radical (unpaired) electrons. The fraction of sp³-hybridized carbons (Fsp3) is 0.500. The van der Waals surface area contributed by atoms with Gasteiger partial charge in [0.15, 0.2) is 18.3 Å². The largest absolute Gasteiger partial charge is 0.457 e. The quantitative estimate of drug-likeness (QED) is 0.428. The zero-order valence-corrected chi connectivity index (χ0v) is 19.7. The Hall–Kier alpha value is -3.08. The molecule has 1 amide bonds. The van der Waals surface area contributed by atoms with Gasteiger partial charge in [-0.3, -0.25) is 24.0 Å². The van der Waals surface area contributed by atoms with Crippen LogP contribution in [0.4, 0.5) is 0 Å². The van der Waals surface area contributed by atoms with Crippen LogP contribution < -0.4 is 5.32 Å². The maximum absolute atomic E-state index is 13.2. The summed E-state index contributed by atoms with van der Waals surface area (Å²) >= 11 is 1.23. The number of esters is 4. The van der Waals surface area contributed by atoms with E-state index in [1.165, 1.54) is 39.5 Å². The molecular formula is C22H27NO9S. The minimum atomic E-state index is -1.27. The lowest BCUT2D eigenvalue weighted by atomic mass is 10.1. The number of carbonyl (C=O) groups is 5. The molecule has 0 aromatic heterocycles. The third-order valence-corrected chi connectivity index (χ3v) is 5.90. The number of benzene rings is 1. The molecule has 2 rings (SSSR count). The number of hydrogen-bond donors (Lipinski definition) is 1. The standard InChI is InChI=1S/C22H27NO9S/c1-11(24)29-17(15-9-7-6-8-10-15)22(28)23-16-18(30-12(2)25)19(31-13(3)26)20(21(16)33-5)32-14(4)27/h6-10,16-21H,1-5H3,(H,23,28)/t16-,17+,18+,19+,20+,21+/m0/s1. The molecule has 0 bridgehead atoms. The number of ether oxygens (including phenoxy) is 4. The second kappa shape index (κ2) is 11.7. The van der Waals surface area contributed by atoms with E-state index in [9.17, 15) is 24.0 Å². The lowest BCUT2D eigenvalue weighted by Crippen LogP contribution is -2.50. The minimum absolute atomic E-state index is 0.431. The van der Waals surface area contributed by atoms with Crippen LogP contribution in [0.15, 0.2) is 30.3 Å². The summed E-state index contributed by atoms with van der Waals surface area (Å²) in [6, 6.07) is 7.45. The topological polar surface area (TPSA) is 134 Å². The molecule has 10 nitrogen and oxygen atoms in total. The first-order valence-electron chi connectivity index (χ1n) is 10.1. The van der Waals surface area contributed by atoms with Crippen LogP contribution in [-0.2, 0) is 42.9 Å². The van der Waals surface area contributed by atoms with Crippen molar-refractivity contribution in [1.82, 2.24) is 5.32 Å². The molecule has 1 aromatic rings. The third kappa shape index (κ3) is 6.95. The van der Waals surface area contributed by atoms with Crippen molar-refractivity contribution in [2.24, 2.45) is 0 Å². The predicted octanol–water partition coefficient (Wildman–Crippen LogP) is 1.32. The molecule has 0 unspecified atom stereocenters. The van der Waals surface area contributed by atoms with Gasteiger partial charge in [0.25, 0.3) is 5.91 Å². The highest BCUT2D eigenvalue weighted by molar-refractivity contribution is 7.99. The van der Waals surface area contributed by atoms with Gasteiger partial charge in [-0.1, -0.05) is 30.3 Å². The summed E-state index contributed by atoms with van der Waals surface area (Å²) in [6.07, 6.45) is -2.86. The van der Waals surface area contributed by atoms with Gasteiger partial charge in [-0.15, -0.1) is 0 Å². The summed E-state index contributed by atoms with van der Waals surface area (Å²) in [5.41, 5.74) is 0.431. The Morgan fingerprint density at radius 2 is 1.30 bits per heavy atom. The van der Waals surface area contributed by atoms with Gasteiger partial charge in [-0.25, -0.2) is 0 Å². The van der Waals surface area contributed by atoms with Crippen LogP contribution in [-0.4, -0.2) is 65.6 Å². The number of thioether (sulfide) groups is 1. The molecule has 180 valence electrons. The van der Waals surface area contributed by atoms with Crippen molar-refractivity contribution in [3.05, 3.63) is 35.9 Å². The Bertz CT molecular complexity index is 891. The predicted molar refractivity (Wildman–Crippen MR) is 117 cm³/mol. The van der Waals surface area contributed by atoms with Crippen LogP contribution in [0.3, 0.4) is 0 Å². The maximum Gasteiger partial charge on any atom is 0.303 e. The van der Waals surface area contributed by atoms with Crippen molar-refractivity contribution in [3.63, 3.8) is 0 Å². The van der Waals surface area contributed by atoms with E-state index < -0.39 is 65.5 Å². The lowest BCUT2D eigenvalue weighted by molar-refractivity contribution is -0.175. The summed E-state index contributed by atoms with van der Waals surface area (Å²) in [7, 11) is 0. The van der Waals surface area contributed by atoms with Crippen molar-refractivity contribution >= 4 is 41.5 Å². The zero-order chi connectivity index (χ0) is 24.7. The fourth-order valence-electron chi connectivity index (χ4n) is 3.70. The summed E-state index contributed by atoms with van der Waals surface area (Å²) in [5, 5.41) is 2.11. The van der Waals surface area contributed by atoms with Gasteiger partial charge < -0.3 is 24.3 Å². The fourth-order valence-corrected chi connectivity index (χ4v) is 4.70. The van der Waals surface area contributed by atoms with Crippen molar-refractivity contribution in [2.45, 2.75) is 63.4 Å². The van der Waals surface area contributed by atoms with Crippen molar-refractivity contribution in [2.75, 3.05) is 6.26 Å². The van der Waals surface area contributed by atoms with Crippen LogP contribution in [0.5, 0.6) is 0 Å². The summed E-state index contributed by atoms with van der Waals surface area (Å²) in [4.78, 5) is 60.2. The van der Waals surface area contributed by atoms with Gasteiger partial charge in [-0.05, 0) is 6.26 Å². The highest BCUT2D eigenvalue weighted by atomic mass is 32.2. The Balaban J connectivity index is 2.44. The average molecular weight is 482 g/mol. The number of rotatable bonds is 8. The molecular weight excluding hydrogens is 454 g/mol. The Morgan fingerprint density at radius 3 is 1.79 bits per heavy atom. The highest BCUT2D eigenvalue weighted by Crippen LogP contribution is 2.36. The van der Waals surface area contributed by atoms with Crippen molar-refractivity contribution < 1.29 is 42.9 Å². The second-order valence-electron chi connectivity index (χ2n) is 7.36. The van der Waals surface area contributed by atoms with Gasteiger partial charge in [0.2, 0.25) is 6.10 Å². The van der Waals surface area contributed by atoms with Gasteiger partial charge in [0.1, 0.15) is 0 Å². The van der Waals surface area contributed by atoms with E-state index in [1.807, 2.05) is 0 Å². The molecule has 0 aliphatic heterocycles. The van der Waals surface area contributed by atoms with Crippen LogP contribution >= 0.6 is 11.8 Å². The SMILES string of the molecule is CS[C@@H]1[C@@H](NC(=O)[C@H](OC(C)=O)c2ccccc2)[C@@H](OC(C)=O)[C@@H](OC(C)=O)[C@H]1OC(C)=O. The van der Waals surface area contributed by atoms with E-state index in [2.05, 4.69) is 5.32 Å². The van der Waals surface area contributed by atoms with Gasteiger partial charge >= 0.3 is 23.9 Å². The number of nitrogens with one attached hydrogen (secondary N) is 1. The molecule has 1 aliphatic carbocycles. The smallest absolute Gasteiger partial charge is 0.303 e. The molecule has 0 heterocycles. The van der Waals surface area contributed by atoms with Crippen LogP contribution in [0.25, 0.3) is 0 Å². The number of carbonyl (C=O) groups excluding carboxylic acids is 5.